The van der Waals surface area contributed by atoms with E-state index in [1.807, 2.05) is 0 Å². The first-order valence-electron chi connectivity index (χ1n) is 3.73. The van der Waals surface area contributed by atoms with Gasteiger partial charge in [-0.15, -0.1) is 0 Å². The quantitative estimate of drug-likeness (QED) is 0.443. The molecule has 0 bridgehead atoms. The summed E-state index contributed by atoms with van der Waals surface area (Å²) in [7, 11) is 0. The van der Waals surface area contributed by atoms with Crippen LogP contribution in [0, 0.1) is 5.92 Å². The summed E-state index contributed by atoms with van der Waals surface area (Å²) in [4.78, 5) is 11.0. The summed E-state index contributed by atoms with van der Waals surface area (Å²) < 4.78 is 9.75. The van der Waals surface area contributed by atoms with Crippen LogP contribution in [-0.4, -0.2) is 19.2 Å². The number of rotatable bonds is 2. The highest BCUT2D eigenvalue weighted by molar-refractivity contribution is 5.73. The summed E-state index contributed by atoms with van der Waals surface area (Å²) in [6.07, 6.45) is 2.72. The zero-order chi connectivity index (χ0) is 8.10. The van der Waals surface area contributed by atoms with E-state index in [2.05, 4.69) is 11.3 Å². The summed E-state index contributed by atoms with van der Waals surface area (Å²) in [5, 5.41) is 0. The summed E-state index contributed by atoms with van der Waals surface area (Å²) in [6, 6.07) is 0. The molecule has 62 valence electrons. The Morgan fingerprint density at radius 1 is 1.55 bits per heavy atom. The number of hydrogen-bond acceptors (Lipinski definition) is 3. The van der Waals surface area contributed by atoms with Gasteiger partial charge in [-0.1, -0.05) is 6.58 Å². The van der Waals surface area contributed by atoms with Crippen LogP contribution in [0.25, 0.3) is 0 Å². The number of esters is 1. The second-order valence-electron chi connectivity index (χ2n) is 2.49. The van der Waals surface area contributed by atoms with Crippen LogP contribution < -0.4 is 0 Å². The van der Waals surface area contributed by atoms with Crippen LogP contribution in [0.3, 0.4) is 0 Å². The Morgan fingerprint density at radius 3 is 2.73 bits per heavy atom. The molecule has 1 fully saturated rings. The molecule has 0 aromatic heterocycles. The molecule has 0 radical (unpaired) electrons. The van der Waals surface area contributed by atoms with Gasteiger partial charge in [0.2, 0.25) is 0 Å². The van der Waals surface area contributed by atoms with Crippen molar-refractivity contribution >= 4 is 5.97 Å². The van der Waals surface area contributed by atoms with E-state index in [0.717, 1.165) is 12.8 Å². The standard InChI is InChI=1S/C8H12O3/c1-2-11-8(9)7-3-5-10-6-4-7/h2,7H,1,3-6H2. The highest BCUT2D eigenvalue weighted by Crippen LogP contribution is 2.15. The van der Waals surface area contributed by atoms with Gasteiger partial charge in [0.25, 0.3) is 0 Å². The van der Waals surface area contributed by atoms with Crippen molar-refractivity contribution < 1.29 is 14.3 Å². The molecule has 0 saturated carbocycles. The fourth-order valence-electron chi connectivity index (χ4n) is 1.11. The first-order chi connectivity index (χ1) is 5.34. The molecule has 1 aliphatic heterocycles. The van der Waals surface area contributed by atoms with E-state index in [1.54, 1.807) is 0 Å². The van der Waals surface area contributed by atoms with Crippen molar-refractivity contribution in [3.63, 3.8) is 0 Å². The van der Waals surface area contributed by atoms with Crippen molar-refractivity contribution in [2.45, 2.75) is 12.8 Å². The molecule has 1 heterocycles. The van der Waals surface area contributed by atoms with E-state index in [-0.39, 0.29) is 11.9 Å². The van der Waals surface area contributed by atoms with Crippen LogP contribution in [0.15, 0.2) is 12.8 Å². The topological polar surface area (TPSA) is 35.5 Å². The molecular formula is C8H12O3. The van der Waals surface area contributed by atoms with E-state index >= 15 is 0 Å². The molecule has 0 aromatic rings. The molecular weight excluding hydrogens is 144 g/mol. The highest BCUT2D eigenvalue weighted by atomic mass is 16.5. The predicted molar refractivity (Wildman–Crippen MR) is 39.8 cm³/mol. The van der Waals surface area contributed by atoms with Gasteiger partial charge in [-0.2, -0.15) is 0 Å². The van der Waals surface area contributed by atoms with E-state index in [4.69, 9.17) is 4.74 Å². The maximum absolute atomic E-state index is 11.0. The first-order valence-corrected chi connectivity index (χ1v) is 3.73. The lowest BCUT2D eigenvalue weighted by Crippen LogP contribution is -2.23. The van der Waals surface area contributed by atoms with Crippen LogP contribution in [0.4, 0.5) is 0 Å². The maximum Gasteiger partial charge on any atom is 0.313 e. The second-order valence-corrected chi connectivity index (χ2v) is 2.49. The molecule has 1 rings (SSSR count). The zero-order valence-corrected chi connectivity index (χ0v) is 6.41. The molecule has 1 saturated heterocycles. The Hall–Kier alpha value is -0.830. The predicted octanol–water partition coefficient (Wildman–Crippen LogP) is 1.10. The number of carbonyl (C=O) groups excluding carboxylic acids is 1. The molecule has 0 amide bonds. The van der Waals surface area contributed by atoms with Gasteiger partial charge in [0.05, 0.1) is 12.2 Å². The van der Waals surface area contributed by atoms with Crippen LogP contribution in [0.5, 0.6) is 0 Å². The number of hydrogen-bond donors (Lipinski definition) is 0. The third kappa shape index (κ3) is 2.35. The lowest BCUT2D eigenvalue weighted by molar-refractivity contribution is -0.145. The largest absolute Gasteiger partial charge is 0.435 e. The van der Waals surface area contributed by atoms with Gasteiger partial charge < -0.3 is 9.47 Å². The van der Waals surface area contributed by atoms with Crippen LogP contribution >= 0.6 is 0 Å². The van der Waals surface area contributed by atoms with E-state index < -0.39 is 0 Å². The van der Waals surface area contributed by atoms with Crippen molar-refractivity contribution in [1.29, 1.82) is 0 Å². The van der Waals surface area contributed by atoms with Crippen molar-refractivity contribution in [1.82, 2.24) is 0 Å². The summed E-state index contributed by atoms with van der Waals surface area (Å²) >= 11 is 0. The summed E-state index contributed by atoms with van der Waals surface area (Å²) in [5.74, 6) is -0.162. The molecule has 0 spiro atoms. The fraction of sp³-hybridized carbons (Fsp3) is 0.625. The monoisotopic (exact) mass is 156 g/mol. The van der Waals surface area contributed by atoms with Gasteiger partial charge in [-0.3, -0.25) is 4.79 Å². The SMILES string of the molecule is C=COC(=O)C1CCOCC1. The number of ether oxygens (including phenoxy) is 2. The van der Waals surface area contributed by atoms with Gasteiger partial charge in [0, 0.05) is 13.2 Å². The minimum Gasteiger partial charge on any atom is -0.435 e. The Bertz CT molecular complexity index is 147. The van der Waals surface area contributed by atoms with Crippen molar-refractivity contribution in [2.75, 3.05) is 13.2 Å². The zero-order valence-electron chi connectivity index (χ0n) is 6.41. The molecule has 0 atom stereocenters. The molecule has 3 nitrogen and oxygen atoms in total. The smallest absolute Gasteiger partial charge is 0.313 e. The van der Waals surface area contributed by atoms with Crippen molar-refractivity contribution in [3.05, 3.63) is 12.8 Å². The highest BCUT2D eigenvalue weighted by Gasteiger charge is 2.21. The average Bonchev–Trinajstić information content (AvgIpc) is 2.07. The molecule has 3 heteroatoms. The van der Waals surface area contributed by atoms with Crippen LogP contribution in [0.2, 0.25) is 0 Å². The fourth-order valence-corrected chi connectivity index (χ4v) is 1.11. The lowest BCUT2D eigenvalue weighted by Gasteiger charge is -2.19. The van der Waals surface area contributed by atoms with Crippen molar-refractivity contribution in [3.8, 4) is 0 Å². The van der Waals surface area contributed by atoms with E-state index in [1.165, 1.54) is 6.26 Å². The van der Waals surface area contributed by atoms with E-state index in [0.29, 0.717) is 13.2 Å². The molecule has 0 unspecified atom stereocenters. The van der Waals surface area contributed by atoms with Crippen molar-refractivity contribution in [2.24, 2.45) is 5.92 Å². The summed E-state index contributed by atoms with van der Waals surface area (Å²) in [5.41, 5.74) is 0. The third-order valence-electron chi connectivity index (χ3n) is 1.75. The molecule has 0 N–H and O–H groups in total. The van der Waals surface area contributed by atoms with E-state index in [9.17, 15) is 4.79 Å². The third-order valence-corrected chi connectivity index (χ3v) is 1.75. The Morgan fingerprint density at radius 2 is 2.18 bits per heavy atom. The summed E-state index contributed by atoms with van der Waals surface area (Å²) in [6.45, 7) is 4.65. The van der Waals surface area contributed by atoms with Gasteiger partial charge in [-0.05, 0) is 12.8 Å². The molecule has 11 heavy (non-hydrogen) atoms. The Kier molecular flexibility index (Phi) is 3.11. The van der Waals surface area contributed by atoms with Gasteiger partial charge in [0.1, 0.15) is 0 Å². The first kappa shape index (κ1) is 8.27. The lowest BCUT2D eigenvalue weighted by atomic mass is 10.0. The normalized spacial score (nSPS) is 19.3. The molecule has 0 aliphatic carbocycles. The Labute approximate surface area is 66.0 Å². The number of carbonyl (C=O) groups is 1. The molecule has 0 aromatic carbocycles. The minimum absolute atomic E-state index is 0.0155. The van der Waals surface area contributed by atoms with Gasteiger partial charge in [0.15, 0.2) is 0 Å². The Balaban J connectivity index is 2.32. The van der Waals surface area contributed by atoms with Gasteiger partial charge in [-0.25, -0.2) is 0 Å². The molecule has 1 aliphatic rings. The average molecular weight is 156 g/mol. The van der Waals surface area contributed by atoms with Crippen LogP contribution in [0.1, 0.15) is 12.8 Å². The van der Waals surface area contributed by atoms with Gasteiger partial charge >= 0.3 is 5.97 Å². The second kappa shape index (κ2) is 4.13. The minimum atomic E-state index is -0.177. The van der Waals surface area contributed by atoms with Crippen LogP contribution in [-0.2, 0) is 14.3 Å². The maximum atomic E-state index is 11.0.